The summed E-state index contributed by atoms with van der Waals surface area (Å²) in [6, 6.07) is 20.5. The third-order valence-electron chi connectivity index (χ3n) is 5.70. The Morgan fingerprint density at radius 1 is 0.946 bits per heavy atom. The van der Waals surface area contributed by atoms with Gasteiger partial charge in [-0.05, 0) is 49.2 Å². The fraction of sp³-hybridized carbons (Fsp3) is 0.259. The Morgan fingerprint density at radius 3 is 2.19 bits per heavy atom. The topological polar surface area (TPSA) is 86.8 Å². The average Bonchev–Trinajstić information content (AvgIpc) is 2.91. The summed E-state index contributed by atoms with van der Waals surface area (Å²) in [6.07, 6.45) is 0.738. The molecule has 0 heterocycles. The van der Waals surface area contributed by atoms with Crippen LogP contribution in [0.1, 0.15) is 25.8 Å². The molecular formula is C27H29Cl2N3O4S. The summed E-state index contributed by atoms with van der Waals surface area (Å²) in [6.45, 7) is 3.54. The largest absolute Gasteiger partial charge is 0.354 e. The van der Waals surface area contributed by atoms with Crippen molar-refractivity contribution in [2.75, 3.05) is 17.4 Å². The molecule has 3 aromatic rings. The standard InChI is InChI=1S/C27H29Cl2N3O4S/c1-3-16-30-27(34)20(2)31(18-21-10-6-4-7-11-21)26(33)19-32(25-17-22(28)14-15-24(25)29)37(35,36)23-12-8-5-9-13-23/h4-15,17,20H,3,16,18-19H2,1-2H3,(H,30,34)/t20-/m0/s1. The Kier molecular flexibility index (Phi) is 9.97. The second-order valence-electron chi connectivity index (χ2n) is 8.39. The first kappa shape index (κ1) is 28.5. The summed E-state index contributed by atoms with van der Waals surface area (Å²) in [4.78, 5) is 28.0. The van der Waals surface area contributed by atoms with E-state index in [2.05, 4.69) is 5.32 Å². The number of carbonyl (C=O) groups excluding carboxylic acids is 2. The van der Waals surface area contributed by atoms with Gasteiger partial charge in [0.2, 0.25) is 11.8 Å². The third-order valence-corrected chi connectivity index (χ3v) is 8.03. The van der Waals surface area contributed by atoms with Crippen molar-refractivity contribution in [2.45, 2.75) is 37.8 Å². The maximum Gasteiger partial charge on any atom is 0.264 e. The van der Waals surface area contributed by atoms with Crippen molar-refractivity contribution in [3.05, 3.63) is 94.5 Å². The van der Waals surface area contributed by atoms with Crippen LogP contribution in [0.5, 0.6) is 0 Å². The van der Waals surface area contributed by atoms with E-state index in [1.165, 1.54) is 35.2 Å². The molecule has 0 aliphatic rings. The molecule has 0 aromatic heterocycles. The first-order valence-electron chi connectivity index (χ1n) is 11.8. The molecule has 37 heavy (non-hydrogen) atoms. The summed E-state index contributed by atoms with van der Waals surface area (Å²) in [7, 11) is -4.21. The lowest BCUT2D eigenvalue weighted by atomic mass is 10.1. The fourth-order valence-corrected chi connectivity index (χ4v) is 5.55. The molecule has 1 N–H and O–H groups in total. The predicted molar refractivity (Wildman–Crippen MR) is 147 cm³/mol. The van der Waals surface area contributed by atoms with Crippen LogP contribution >= 0.6 is 23.2 Å². The maximum absolute atomic E-state index is 13.8. The monoisotopic (exact) mass is 561 g/mol. The molecule has 0 aliphatic carbocycles. The highest BCUT2D eigenvalue weighted by Gasteiger charge is 2.33. The van der Waals surface area contributed by atoms with Gasteiger partial charge in [0.15, 0.2) is 0 Å². The minimum atomic E-state index is -4.21. The Labute approximate surface area is 228 Å². The van der Waals surface area contributed by atoms with Gasteiger partial charge in [-0.2, -0.15) is 0 Å². The highest BCUT2D eigenvalue weighted by atomic mass is 35.5. The second-order valence-corrected chi connectivity index (χ2v) is 11.1. The number of carbonyl (C=O) groups is 2. The number of nitrogens with one attached hydrogen (secondary N) is 1. The molecular weight excluding hydrogens is 533 g/mol. The van der Waals surface area contributed by atoms with Crippen molar-refractivity contribution in [1.29, 1.82) is 0 Å². The lowest BCUT2D eigenvalue weighted by Gasteiger charge is -2.32. The van der Waals surface area contributed by atoms with Crippen molar-refractivity contribution >= 4 is 50.7 Å². The van der Waals surface area contributed by atoms with Crippen LogP contribution in [0, 0.1) is 0 Å². The van der Waals surface area contributed by atoms with Gasteiger partial charge in [-0.1, -0.05) is 78.7 Å². The Hall–Kier alpha value is -3.07. The van der Waals surface area contributed by atoms with E-state index in [0.717, 1.165) is 16.3 Å². The molecule has 7 nitrogen and oxygen atoms in total. The summed E-state index contributed by atoms with van der Waals surface area (Å²) >= 11 is 12.6. The van der Waals surface area contributed by atoms with E-state index in [9.17, 15) is 18.0 Å². The van der Waals surface area contributed by atoms with Gasteiger partial charge in [0.1, 0.15) is 12.6 Å². The first-order valence-corrected chi connectivity index (χ1v) is 14.0. The van der Waals surface area contributed by atoms with E-state index in [0.29, 0.717) is 6.54 Å². The lowest BCUT2D eigenvalue weighted by molar-refractivity contribution is -0.139. The van der Waals surface area contributed by atoms with E-state index >= 15 is 0 Å². The average molecular weight is 563 g/mol. The zero-order valence-corrected chi connectivity index (χ0v) is 22.9. The molecule has 0 aliphatic heterocycles. The lowest BCUT2D eigenvalue weighted by Crippen LogP contribution is -2.51. The minimum Gasteiger partial charge on any atom is -0.354 e. The van der Waals surface area contributed by atoms with Crippen molar-refractivity contribution in [1.82, 2.24) is 10.2 Å². The second kappa shape index (κ2) is 12.9. The SMILES string of the molecule is CCCNC(=O)[C@H](C)N(Cc1ccccc1)C(=O)CN(c1cc(Cl)ccc1Cl)S(=O)(=O)c1ccccc1. The summed E-state index contributed by atoms with van der Waals surface area (Å²) in [5.74, 6) is -0.900. The van der Waals surface area contributed by atoms with Crippen LogP contribution in [0.25, 0.3) is 0 Å². The molecule has 0 unspecified atom stereocenters. The van der Waals surface area contributed by atoms with Gasteiger partial charge in [0, 0.05) is 18.1 Å². The molecule has 0 saturated heterocycles. The van der Waals surface area contributed by atoms with Crippen molar-refractivity contribution in [3.63, 3.8) is 0 Å². The van der Waals surface area contributed by atoms with Crippen LogP contribution in [-0.4, -0.2) is 44.3 Å². The van der Waals surface area contributed by atoms with E-state index in [4.69, 9.17) is 23.2 Å². The number of amides is 2. The van der Waals surface area contributed by atoms with E-state index < -0.39 is 28.5 Å². The van der Waals surface area contributed by atoms with Crippen LogP contribution in [0.3, 0.4) is 0 Å². The van der Waals surface area contributed by atoms with Crippen molar-refractivity contribution in [2.24, 2.45) is 0 Å². The van der Waals surface area contributed by atoms with Gasteiger partial charge in [0.25, 0.3) is 10.0 Å². The summed E-state index contributed by atoms with van der Waals surface area (Å²) < 4.78 is 28.4. The summed E-state index contributed by atoms with van der Waals surface area (Å²) in [5, 5.41) is 3.18. The predicted octanol–water partition coefficient (Wildman–Crippen LogP) is 5.13. The molecule has 0 fully saturated rings. The zero-order valence-electron chi connectivity index (χ0n) is 20.6. The molecule has 2 amide bonds. The molecule has 3 aromatic carbocycles. The first-order chi connectivity index (χ1) is 17.6. The van der Waals surface area contributed by atoms with Crippen LogP contribution in [0.4, 0.5) is 5.69 Å². The third kappa shape index (κ3) is 7.25. The zero-order chi connectivity index (χ0) is 27.0. The van der Waals surface area contributed by atoms with Gasteiger partial charge >= 0.3 is 0 Å². The smallest absolute Gasteiger partial charge is 0.264 e. The number of nitrogens with zero attached hydrogens (tertiary/aromatic N) is 2. The summed E-state index contributed by atoms with van der Waals surface area (Å²) in [5.41, 5.74) is 0.860. The van der Waals surface area contributed by atoms with E-state index in [1.54, 1.807) is 25.1 Å². The fourth-order valence-electron chi connectivity index (χ4n) is 3.67. The highest BCUT2D eigenvalue weighted by molar-refractivity contribution is 7.92. The van der Waals surface area contributed by atoms with Crippen LogP contribution in [-0.2, 0) is 26.2 Å². The van der Waals surface area contributed by atoms with E-state index in [-0.39, 0.29) is 33.1 Å². The molecule has 3 rings (SSSR count). The van der Waals surface area contributed by atoms with Gasteiger partial charge in [-0.3, -0.25) is 13.9 Å². The normalized spacial score (nSPS) is 12.0. The maximum atomic E-state index is 13.8. The van der Waals surface area contributed by atoms with Crippen molar-refractivity contribution in [3.8, 4) is 0 Å². The van der Waals surface area contributed by atoms with Gasteiger partial charge < -0.3 is 10.2 Å². The van der Waals surface area contributed by atoms with Gasteiger partial charge in [0.05, 0.1) is 15.6 Å². The van der Waals surface area contributed by atoms with Gasteiger partial charge in [-0.15, -0.1) is 0 Å². The number of hydrogen-bond acceptors (Lipinski definition) is 4. The quantitative estimate of drug-likeness (QED) is 0.351. The number of sulfonamides is 1. The number of halogens is 2. The van der Waals surface area contributed by atoms with Crippen molar-refractivity contribution < 1.29 is 18.0 Å². The number of hydrogen-bond donors (Lipinski definition) is 1. The van der Waals surface area contributed by atoms with Gasteiger partial charge in [-0.25, -0.2) is 8.42 Å². The Balaban J connectivity index is 2.04. The minimum absolute atomic E-state index is 0.0119. The molecule has 1 atom stereocenters. The van der Waals surface area contributed by atoms with Crippen LogP contribution < -0.4 is 9.62 Å². The Bertz CT molecular complexity index is 1320. The van der Waals surface area contributed by atoms with Crippen LogP contribution in [0.2, 0.25) is 10.0 Å². The highest BCUT2D eigenvalue weighted by Crippen LogP contribution is 2.33. The molecule has 0 bridgehead atoms. The molecule has 0 saturated carbocycles. The number of benzene rings is 3. The Morgan fingerprint density at radius 2 is 1.57 bits per heavy atom. The van der Waals surface area contributed by atoms with E-state index in [1.807, 2.05) is 37.3 Å². The molecule has 10 heteroatoms. The molecule has 0 spiro atoms. The number of anilines is 1. The number of rotatable bonds is 11. The molecule has 196 valence electrons. The molecule has 0 radical (unpaired) electrons. The van der Waals surface area contributed by atoms with Crippen LogP contribution in [0.15, 0.2) is 83.8 Å².